The van der Waals surface area contributed by atoms with Gasteiger partial charge in [-0.05, 0) is 45.5 Å². The summed E-state index contributed by atoms with van der Waals surface area (Å²) in [5.41, 5.74) is 3.42. The van der Waals surface area contributed by atoms with E-state index < -0.39 is 0 Å². The normalized spacial score (nSPS) is 12.9. The number of aryl methyl sites for hydroxylation is 2. The summed E-state index contributed by atoms with van der Waals surface area (Å²) in [4.78, 5) is 6.33. The van der Waals surface area contributed by atoms with Gasteiger partial charge in [-0.1, -0.05) is 5.16 Å². The summed E-state index contributed by atoms with van der Waals surface area (Å²) in [6.45, 7) is 6.97. The van der Waals surface area contributed by atoms with Crippen LogP contribution in [-0.2, 0) is 6.54 Å². The van der Waals surface area contributed by atoms with Crippen LogP contribution in [0.5, 0.6) is 0 Å². The minimum absolute atomic E-state index is 0.335. The third-order valence-corrected chi connectivity index (χ3v) is 3.44. The Morgan fingerprint density at radius 3 is 2.50 bits per heavy atom. The van der Waals surface area contributed by atoms with Crippen LogP contribution in [0.4, 0.5) is 0 Å². The number of nitrogens with zero attached hydrogens (tertiary/aromatic N) is 3. The molecule has 1 atom stereocenters. The van der Waals surface area contributed by atoms with E-state index in [4.69, 9.17) is 4.52 Å². The molecule has 18 heavy (non-hydrogen) atoms. The summed E-state index contributed by atoms with van der Waals surface area (Å²) >= 11 is 0. The smallest absolute Gasteiger partial charge is 0.138 e. The average molecular weight is 245 g/mol. The predicted octanol–water partition coefficient (Wildman–Crippen LogP) is 2.88. The molecule has 0 aliphatic rings. The molecule has 2 aromatic rings. The van der Waals surface area contributed by atoms with E-state index in [1.165, 1.54) is 11.1 Å². The van der Waals surface area contributed by atoms with Crippen LogP contribution in [0.25, 0.3) is 0 Å². The number of hydrogen-bond donors (Lipinski definition) is 0. The molecule has 0 bridgehead atoms. The summed E-state index contributed by atoms with van der Waals surface area (Å²) < 4.78 is 5.19. The first kappa shape index (κ1) is 12.8. The molecule has 96 valence electrons. The Labute approximate surface area is 108 Å². The van der Waals surface area contributed by atoms with Gasteiger partial charge in [-0.25, -0.2) is 0 Å². The van der Waals surface area contributed by atoms with Crippen LogP contribution in [0, 0.1) is 13.8 Å². The van der Waals surface area contributed by atoms with Crippen molar-refractivity contribution in [3.8, 4) is 0 Å². The van der Waals surface area contributed by atoms with E-state index in [-0.39, 0.29) is 0 Å². The van der Waals surface area contributed by atoms with Crippen LogP contribution in [0.3, 0.4) is 0 Å². The third-order valence-electron chi connectivity index (χ3n) is 3.44. The lowest BCUT2D eigenvalue weighted by molar-refractivity contribution is 0.251. The van der Waals surface area contributed by atoms with Gasteiger partial charge in [0.25, 0.3) is 0 Å². The van der Waals surface area contributed by atoms with E-state index in [0.29, 0.717) is 6.04 Å². The number of hydrogen-bond acceptors (Lipinski definition) is 4. The molecule has 0 spiro atoms. The molecule has 0 radical (unpaired) electrons. The van der Waals surface area contributed by atoms with Crippen molar-refractivity contribution in [1.29, 1.82) is 0 Å². The van der Waals surface area contributed by atoms with Gasteiger partial charge < -0.3 is 4.52 Å². The van der Waals surface area contributed by atoms with E-state index in [9.17, 15) is 0 Å². The van der Waals surface area contributed by atoms with E-state index in [0.717, 1.165) is 18.0 Å². The molecule has 4 nitrogen and oxygen atoms in total. The molecule has 0 saturated heterocycles. The van der Waals surface area contributed by atoms with Gasteiger partial charge in [-0.2, -0.15) is 0 Å². The van der Waals surface area contributed by atoms with E-state index in [1.807, 2.05) is 26.2 Å². The molecule has 0 aliphatic carbocycles. The first-order valence-corrected chi connectivity index (χ1v) is 6.11. The predicted molar refractivity (Wildman–Crippen MR) is 70.1 cm³/mol. The molecule has 2 rings (SSSR count). The Bertz CT molecular complexity index is 488. The van der Waals surface area contributed by atoms with E-state index in [1.54, 1.807) is 0 Å². The summed E-state index contributed by atoms with van der Waals surface area (Å²) in [7, 11) is 2.11. The molecule has 2 aromatic heterocycles. The SMILES string of the molecule is Cc1noc(C)c1CN(C)C(C)c1ccncc1. The summed E-state index contributed by atoms with van der Waals surface area (Å²) in [5.74, 6) is 0.904. The Morgan fingerprint density at radius 1 is 1.28 bits per heavy atom. The van der Waals surface area contributed by atoms with E-state index >= 15 is 0 Å². The molecule has 0 aliphatic heterocycles. The largest absolute Gasteiger partial charge is 0.361 e. The zero-order valence-electron chi connectivity index (χ0n) is 11.3. The van der Waals surface area contributed by atoms with Crippen LogP contribution < -0.4 is 0 Å². The second-order valence-electron chi connectivity index (χ2n) is 4.67. The van der Waals surface area contributed by atoms with Crippen LogP contribution in [-0.4, -0.2) is 22.1 Å². The van der Waals surface area contributed by atoms with Gasteiger partial charge in [-0.15, -0.1) is 0 Å². The average Bonchev–Trinajstić information content (AvgIpc) is 2.70. The van der Waals surface area contributed by atoms with Crippen LogP contribution in [0.2, 0.25) is 0 Å². The standard InChI is InChI=1S/C14H19N3O/c1-10-14(12(3)18-16-10)9-17(4)11(2)13-5-7-15-8-6-13/h5-8,11H,9H2,1-4H3. The molecule has 0 saturated carbocycles. The first-order chi connectivity index (χ1) is 8.59. The summed E-state index contributed by atoms with van der Waals surface area (Å²) in [5, 5.41) is 3.99. The molecule has 0 aromatic carbocycles. The van der Waals surface area contributed by atoms with Crippen LogP contribution >= 0.6 is 0 Å². The zero-order chi connectivity index (χ0) is 13.1. The van der Waals surface area contributed by atoms with Crippen molar-refractivity contribution in [2.75, 3.05) is 7.05 Å². The quantitative estimate of drug-likeness (QED) is 0.830. The lowest BCUT2D eigenvalue weighted by Gasteiger charge is -2.24. The lowest BCUT2D eigenvalue weighted by Crippen LogP contribution is -2.22. The molecule has 2 heterocycles. The molecule has 0 fully saturated rings. The van der Waals surface area contributed by atoms with E-state index in [2.05, 4.69) is 41.1 Å². The van der Waals surface area contributed by atoms with Gasteiger partial charge in [0, 0.05) is 30.5 Å². The van der Waals surface area contributed by atoms with Gasteiger partial charge >= 0.3 is 0 Å². The number of aromatic nitrogens is 2. The Balaban J connectivity index is 2.11. The Kier molecular flexibility index (Phi) is 3.77. The van der Waals surface area contributed by atoms with Gasteiger partial charge in [0.1, 0.15) is 5.76 Å². The lowest BCUT2D eigenvalue weighted by atomic mass is 10.1. The van der Waals surface area contributed by atoms with Crippen molar-refractivity contribution in [2.45, 2.75) is 33.4 Å². The Hall–Kier alpha value is -1.68. The van der Waals surface area contributed by atoms with Gasteiger partial charge in [0.2, 0.25) is 0 Å². The summed E-state index contributed by atoms with van der Waals surface area (Å²) in [6.07, 6.45) is 3.66. The van der Waals surface area contributed by atoms with Crippen molar-refractivity contribution < 1.29 is 4.52 Å². The molecule has 4 heteroatoms. The highest BCUT2D eigenvalue weighted by Gasteiger charge is 2.16. The first-order valence-electron chi connectivity index (χ1n) is 6.11. The second kappa shape index (κ2) is 5.31. The fourth-order valence-corrected chi connectivity index (χ4v) is 2.01. The maximum atomic E-state index is 5.19. The van der Waals surface area contributed by atoms with Crippen LogP contribution in [0.1, 0.15) is 35.5 Å². The van der Waals surface area contributed by atoms with Crippen molar-refractivity contribution in [2.24, 2.45) is 0 Å². The summed E-state index contributed by atoms with van der Waals surface area (Å²) in [6, 6.07) is 4.44. The number of rotatable bonds is 4. The van der Waals surface area contributed by atoms with Gasteiger partial charge in [-0.3, -0.25) is 9.88 Å². The Morgan fingerprint density at radius 2 is 1.94 bits per heavy atom. The maximum absolute atomic E-state index is 5.19. The molecule has 1 unspecified atom stereocenters. The minimum atomic E-state index is 0.335. The topological polar surface area (TPSA) is 42.2 Å². The van der Waals surface area contributed by atoms with Crippen molar-refractivity contribution >= 4 is 0 Å². The van der Waals surface area contributed by atoms with Gasteiger partial charge in [0.05, 0.1) is 5.69 Å². The molecule has 0 amide bonds. The van der Waals surface area contributed by atoms with Gasteiger partial charge in [0.15, 0.2) is 0 Å². The van der Waals surface area contributed by atoms with Crippen LogP contribution in [0.15, 0.2) is 29.0 Å². The molecular weight excluding hydrogens is 226 g/mol. The van der Waals surface area contributed by atoms with Crippen molar-refractivity contribution in [3.63, 3.8) is 0 Å². The maximum Gasteiger partial charge on any atom is 0.138 e. The zero-order valence-corrected chi connectivity index (χ0v) is 11.3. The number of pyridine rings is 1. The second-order valence-corrected chi connectivity index (χ2v) is 4.67. The monoisotopic (exact) mass is 245 g/mol. The van der Waals surface area contributed by atoms with Crippen molar-refractivity contribution in [3.05, 3.63) is 47.1 Å². The van der Waals surface area contributed by atoms with Crippen molar-refractivity contribution in [1.82, 2.24) is 15.0 Å². The minimum Gasteiger partial charge on any atom is -0.361 e. The third kappa shape index (κ3) is 2.59. The highest BCUT2D eigenvalue weighted by molar-refractivity contribution is 5.21. The molecular formula is C14H19N3O. The fraction of sp³-hybridized carbons (Fsp3) is 0.429. The molecule has 0 N–H and O–H groups in total. The highest BCUT2D eigenvalue weighted by atomic mass is 16.5. The highest BCUT2D eigenvalue weighted by Crippen LogP contribution is 2.22. The fourth-order valence-electron chi connectivity index (χ4n) is 2.01.